The van der Waals surface area contributed by atoms with E-state index in [-0.39, 0.29) is 6.61 Å². The van der Waals surface area contributed by atoms with Gasteiger partial charge in [0.2, 0.25) is 0 Å². The number of nitrogens with zero attached hydrogens (tertiary/aromatic N) is 1. The lowest BCUT2D eigenvalue weighted by molar-refractivity contribution is 0.0600. The fourth-order valence-electron chi connectivity index (χ4n) is 2.50. The minimum Gasteiger partial charge on any atom is -0.493 e. The van der Waals surface area contributed by atoms with E-state index >= 15 is 0 Å². The van der Waals surface area contributed by atoms with Crippen LogP contribution in [0.15, 0.2) is 51.7 Å². The number of carbonyl (C=O) groups excluding carboxylic acids is 1. The van der Waals surface area contributed by atoms with Gasteiger partial charge in [0.05, 0.1) is 31.8 Å². The van der Waals surface area contributed by atoms with Gasteiger partial charge in [0, 0.05) is 0 Å². The first-order valence-electron chi connectivity index (χ1n) is 7.61. The van der Waals surface area contributed by atoms with Crippen molar-refractivity contribution in [1.82, 2.24) is 4.57 Å². The van der Waals surface area contributed by atoms with E-state index in [2.05, 4.69) is 4.74 Å². The van der Waals surface area contributed by atoms with Gasteiger partial charge in [-0.2, -0.15) is 0 Å². The van der Waals surface area contributed by atoms with E-state index in [9.17, 15) is 9.59 Å². The smallest absolute Gasteiger partial charge is 0.420 e. The van der Waals surface area contributed by atoms with Crippen LogP contribution in [0, 0.1) is 0 Å². The molecule has 0 unspecified atom stereocenters. The van der Waals surface area contributed by atoms with Gasteiger partial charge in [0.15, 0.2) is 17.1 Å². The van der Waals surface area contributed by atoms with Crippen LogP contribution in [0.1, 0.15) is 10.4 Å². The number of para-hydroxylation sites is 2. The Morgan fingerprint density at radius 3 is 2.68 bits per heavy atom. The molecule has 0 spiro atoms. The highest BCUT2D eigenvalue weighted by Crippen LogP contribution is 2.28. The molecule has 0 amide bonds. The molecule has 0 bridgehead atoms. The maximum atomic E-state index is 11.9. The zero-order valence-corrected chi connectivity index (χ0v) is 13.9. The van der Waals surface area contributed by atoms with Gasteiger partial charge < -0.3 is 18.6 Å². The normalized spacial score (nSPS) is 10.6. The highest BCUT2D eigenvalue weighted by atomic mass is 16.5. The van der Waals surface area contributed by atoms with Gasteiger partial charge in [0.25, 0.3) is 0 Å². The summed E-state index contributed by atoms with van der Waals surface area (Å²) in [5, 5.41) is 0. The Bertz CT molecular complexity index is 956. The summed E-state index contributed by atoms with van der Waals surface area (Å²) in [6.07, 6.45) is 0. The van der Waals surface area contributed by atoms with E-state index in [1.807, 2.05) is 12.1 Å². The van der Waals surface area contributed by atoms with E-state index < -0.39 is 11.7 Å². The van der Waals surface area contributed by atoms with Crippen LogP contribution in [0.4, 0.5) is 0 Å². The van der Waals surface area contributed by atoms with E-state index in [1.165, 1.54) is 18.8 Å². The Kier molecular flexibility index (Phi) is 4.74. The highest BCUT2D eigenvalue weighted by Gasteiger charge is 2.12. The molecule has 0 saturated heterocycles. The summed E-state index contributed by atoms with van der Waals surface area (Å²) < 4.78 is 22.3. The molecule has 7 nitrogen and oxygen atoms in total. The molecule has 1 aromatic heterocycles. The predicted octanol–water partition coefficient (Wildman–Crippen LogP) is 2.47. The Morgan fingerprint density at radius 1 is 1.12 bits per heavy atom. The molecule has 3 rings (SSSR count). The number of fused-ring (bicyclic) bond motifs is 1. The SMILES string of the molecule is COC(=O)c1ccc(OCCn2c(=O)oc3ccccc32)c(OC)c1. The molecule has 0 fully saturated rings. The van der Waals surface area contributed by atoms with Crippen molar-refractivity contribution in [2.24, 2.45) is 0 Å². The Labute approximate surface area is 143 Å². The van der Waals surface area contributed by atoms with E-state index in [0.717, 1.165) is 0 Å². The molecule has 0 aliphatic rings. The molecule has 0 saturated carbocycles. The number of oxazole rings is 1. The van der Waals surface area contributed by atoms with Gasteiger partial charge in [-0.15, -0.1) is 0 Å². The lowest BCUT2D eigenvalue weighted by Crippen LogP contribution is -2.18. The third kappa shape index (κ3) is 3.35. The third-order valence-corrected chi connectivity index (χ3v) is 3.73. The number of rotatable bonds is 6. The molecule has 0 aliphatic heterocycles. The van der Waals surface area contributed by atoms with Gasteiger partial charge in [-0.05, 0) is 30.3 Å². The van der Waals surface area contributed by atoms with Crippen molar-refractivity contribution in [1.29, 1.82) is 0 Å². The first kappa shape index (κ1) is 16.6. The average Bonchev–Trinajstić information content (AvgIpc) is 2.96. The van der Waals surface area contributed by atoms with Crippen LogP contribution in [-0.4, -0.2) is 31.4 Å². The number of esters is 1. The molecular formula is C18H17NO6. The van der Waals surface area contributed by atoms with Crippen molar-refractivity contribution in [2.75, 3.05) is 20.8 Å². The summed E-state index contributed by atoms with van der Waals surface area (Å²) in [4.78, 5) is 23.5. The average molecular weight is 343 g/mol. The van der Waals surface area contributed by atoms with Crippen molar-refractivity contribution in [2.45, 2.75) is 6.54 Å². The summed E-state index contributed by atoms with van der Waals surface area (Å²) in [7, 11) is 2.80. The van der Waals surface area contributed by atoms with Gasteiger partial charge in [0.1, 0.15) is 6.61 Å². The topological polar surface area (TPSA) is 79.9 Å². The number of hydrogen-bond donors (Lipinski definition) is 0. The zero-order chi connectivity index (χ0) is 17.8. The number of benzene rings is 2. The Hall–Kier alpha value is -3.22. The summed E-state index contributed by atoms with van der Waals surface area (Å²) in [5.41, 5.74) is 1.61. The van der Waals surface area contributed by atoms with Gasteiger partial charge >= 0.3 is 11.7 Å². The molecule has 0 atom stereocenters. The monoisotopic (exact) mass is 343 g/mol. The van der Waals surface area contributed by atoms with Crippen molar-refractivity contribution < 1.29 is 23.4 Å². The van der Waals surface area contributed by atoms with Gasteiger partial charge in [-0.25, -0.2) is 9.59 Å². The molecule has 3 aromatic rings. The van der Waals surface area contributed by atoms with Crippen molar-refractivity contribution >= 4 is 17.1 Å². The molecule has 1 heterocycles. The molecule has 130 valence electrons. The zero-order valence-electron chi connectivity index (χ0n) is 13.9. The van der Waals surface area contributed by atoms with Crippen molar-refractivity contribution in [3.05, 3.63) is 58.6 Å². The summed E-state index contributed by atoms with van der Waals surface area (Å²) in [6.45, 7) is 0.551. The highest BCUT2D eigenvalue weighted by molar-refractivity contribution is 5.90. The van der Waals surface area contributed by atoms with Crippen LogP contribution >= 0.6 is 0 Å². The van der Waals surface area contributed by atoms with Gasteiger partial charge in [-0.1, -0.05) is 12.1 Å². The number of hydrogen-bond acceptors (Lipinski definition) is 6. The van der Waals surface area contributed by atoms with Crippen LogP contribution in [-0.2, 0) is 11.3 Å². The fraction of sp³-hybridized carbons (Fsp3) is 0.222. The van der Waals surface area contributed by atoms with Gasteiger partial charge in [-0.3, -0.25) is 4.57 Å². The van der Waals surface area contributed by atoms with E-state index in [1.54, 1.807) is 30.3 Å². The molecule has 2 aromatic carbocycles. The van der Waals surface area contributed by atoms with Crippen molar-refractivity contribution in [3.8, 4) is 11.5 Å². The van der Waals surface area contributed by atoms with Crippen LogP contribution in [0.3, 0.4) is 0 Å². The third-order valence-electron chi connectivity index (χ3n) is 3.73. The second-order valence-corrected chi connectivity index (χ2v) is 5.19. The maximum Gasteiger partial charge on any atom is 0.420 e. The van der Waals surface area contributed by atoms with Crippen LogP contribution in [0.25, 0.3) is 11.1 Å². The molecule has 0 N–H and O–H groups in total. The fourth-order valence-corrected chi connectivity index (χ4v) is 2.50. The van der Waals surface area contributed by atoms with Crippen LogP contribution in [0.5, 0.6) is 11.5 Å². The molecule has 0 radical (unpaired) electrons. The number of ether oxygens (including phenoxy) is 3. The summed E-state index contributed by atoms with van der Waals surface area (Å²) in [5.74, 6) is -0.0117. The van der Waals surface area contributed by atoms with Crippen LogP contribution in [0.2, 0.25) is 0 Å². The molecule has 7 heteroatoms. The molecule has 25 heavy (non-hydrogen) atoms. The quantitative estimate of drug-likeness (QED) is 0.640. The molecular weight excluding hydrogens is 326 g/mol. The summed E-state index contributed by atoms with van der Waals surface area (Å²) in [6, 6.07) is 11.9. The standard InChI is InChI=1S/C18H17NO6/c1-22-16-11-12(17(20)23-2)7-8-15(16)24-10-9-19-13-5-3-4-6-14(13)25-18(19)21/h3-8,11H,9-10H2,1-2H3. The lowest BCUT2D eigenvalue weighted by atomic mass is 10.2. The first-order valence-corrected chi connectivity index (χ1v) is 7.61. The predicted molar refractivity (Wildman–Crippen MR) is 90.3 cm³/mol. The maximum absolute atomic E-state index is 11.9. The Morgan fingerprint density at radius 2 is 1.92 bits per heavy atom. The van der Waals surface area contributed by atoms with E-state index in [0.29, 0.717) is 34.7 Å². The number of carbonyl (C=O) groups is 1. The van der Waals surface area contributed by atoms with Crippen LogP contribution < -0.4 is 15.2 Å². The summed E-state index contributed by atoms with van der Waals surface area (Å²) >= 11 is 0. The second kappa shape index (κ2) is 7.12. The number of methoxy groups -OCH3 is 2. The van der Waals surface area contributed by atoms with E-state index in [4.69, 9.17) is 13.9 Å². The minimum absolute atomic E-state index is 0.233. The minimum atomic E-state index is -0.457. The first-order chi connectivity index (χ1) is 12.1. The lowest BCUT2D eigenvalue weighted by Gasteiger charge is -2.12. The van der Waals surface area contributed by atoms with Crippen molar-refractivity contribution in [3.63, 3.8) is 0 Å². The second-order valence-electron chi connectivity index (χ2n) is 5.19. The molecule has 0 aliphatic carbocycles. The largest absolute Gasteiger partial charge is 0.493 e. The number of aromatic nitrogens is 1. The Balaban J connectivity index is 1.74.